The van der Waals surface area contributed by atoms with Crippen LogP contribution in [0.4, 0.5) is 0 Å². The number of fused-ring (bicyclic) bond motifs is 2. The first kappa shape index (κ1) is 22.4. The molecule has 0 saturated heterocycles. The molecule has 0 amide bonds. The van der Waals surface area contributed by atoms with Gasteiger partial charge in [-0.05, 0) is 73.9 Å². The predicted molar refractivity (Wildman–Crippen MR) is 135 cm³/mol. The van der Waals surface area contributed by atoms with Gasteiger partial charge in [0.15, 0.2) is 23.0 Å². The summed E-state index contributed by atoms with van der Waals surface area (Å²) in [5, 5.41) is 4.83. The number of rotatable bonds is 9. The highest BCUT2D eigenvalue weighted by molar-refractivity contribution is 5.66. The first-order chi connectivity index (χ1) is 16.7. The summed E-state index contributed by atoms with van der Waals surface area (Å²) >= 11 is 0. The van der Waals surface area contributed by atoms with Gasteiger partial charge in [-0.3, -0.25) is 0 Å². The molecular formula is C28H32N4O2. The van der Waals surface area contributed by atoms with Crippen LogP contribution in [0, 0.1) is 0 Å². The summed E-state index contributed by atoms with van der Waals surface area (Å²) in [5.74, 6) is 2.38. The summed E-state index contributed by atoms with van der Waals surface area (Å²) in [6, 6.07) is 21.0. The molecule has 0 saturated carbocycles. The Morgan fingerprint density at radius 1 is 0.882 bits per heavy atom. The lowest BCUT2D eigenvalue weighted by molar-refractivity contribution is 0.171. The molecule has 5 rings (SSSR count). The van der Waals surface area contributed by atoms with Crippen molar-refractivity contribution in [3.05, 3.63) is 77.6 Å². The van der Waals surface area contributed by atoms with E-state index in [9.17, 15) is 0 Å². The minimum atomic E-state index is 0.572. The Morgan fingerprint density at radius 2 is 1.65 bits per heavy atom. The SMILES string of the molecule is CCN(CC)CCCc1ccc(Cc2nc3cccc(-c4ccc5c(c4)OCCO5)n3n2)cc1. The molecule has 0 spiro atoms. The van der Waals surface area contributed by atoms with Gasteiger partial charge in [-0.1, -0.05) is 44.2 Å². The fraction of sp³-hybridized carbons (Fsp3) is 0.357. The zero-order chi connectivity index (χ0) is 23.3. The topological polar surface area (TPSA) is 51.9 Å². The third kappa shape index (κ3) is 4.92. The van der Waals surface area contributed by atoms with Crippen LogP contribution in [0.15, 0.2) is 60.7 Å². The van der Waals surface area contributed by atoms with Crippen molar-refractivity contribution in [1.29, 1.82) is 0 Å². The van der Waals surface area contributed by atoms with Crippen LogP contribution < -0.4 is 9.47 Å². The summed E-state index contributed by atoms with van der Waals surface area (Å²) in [7, 11) is 0. The van der Waals surface area contributed by atoms with Crippen molar-refractivity contribution < 1.29 is 9.47 Å². The number of benzene rings is 2. The quantitative estimate of drug-likeness (QED) is 0.353. The Kier molecular flexibility index (Phi) is 6.77. The van der Waals surface area contributed by atoms with E-state index >= 15 is 0 Å². The van der Waals surface area contributed by atoms with E-state index in [1.54, 1.807) is 0 Å². The van der Waals surface area contributed by atoms with Crippen LogP contribution in [0.3, 0.4) is 0 Å². The number of aromatic nitrogens is 3. The largest absolute Gasteiger partial charge is 0.486 e. The molecule has 2 aromatic heterocycles. The minimum absolute atomic E-state index is 0.572. The van der Waals surface area contributed by atoms with Gasteiger partial charge in [-0.15, -0.1) is 0 Å². The second-order valence-electron chi connectivity index (χ2n) is 8.69. The lowest BCUT2D eigenvalue weighted by atomic mass is 10.1. The Bertz CT molecular complexity index is 1250. The first-order valence-electron chi connectivity index (χ1n) is 12.3. The van der Waals surface area contributed by atoms with Crippen LogP contribution >= 0.6 is 0 Å². The van der Waals surface area contributed by atoms with Gasteiger partial charge < -0.3 is 14.4 Å². The molecule has 3 heterocycles. The second kappa shape index (κ2) is 10.3. The molecule has 2 aromatic carbocycles. The molecule has 0 atom stereocenters. The first-order valence-corrected chi connectivity index (χ1v) is 12.3. The standard InChI is InChI=1S/C28H32N4O2/c1-3-31(4-2)16-6-7-21-10-12-22(13-11-21)19-27-29-28-9-5-8-24(32(28)30-27)23-14-15-25-26(20-23)34-18-17-33-25/h5,8-15,20H,3-4,6-7,16-19H2,1-2H3. The number of hydrogen-bond donors (Lipinski definition) is 0. The molecular weight excluding hydrogens is 424 g/mol. The molecule has 6 heteroatoms. The van der Waals surface area contributed by atoms with Gasteiger partial charge in [-0.2, -0.15) is 5.10 Å². The zero-order valence-corrected chi connectivity index (χ0v) is 20.0. The highest BCUT2D eigenvalue weighted by Crippen LogP contribution is 2.34. The smallest absolute Gasteiger partial charge is 0.162 e. The van der Waals surface area contributed by atoms with Crippen LogP contribution in [0.2, 0.25) is 0 Å². The molecule has 34 heavy (non-hydrogen) atoms. The fourth-order valence-electron chi connectivity index (χ4n) is 4.50. The van der Waals surface area contributed by atoms with Crippen LogP contribution in [-0.4, -0.2) is 52.3 Å². The highest BCUT2D eigenvalue weighted by Gasteiger charge is 2.15. The van der Waals surface area contributed by atoms with E-state index in [1.165, 1.54) is 17.5 Å². The van der Waals surface area contributed by atoms with Gasteiger partial charge in [0, 0.05) is 12.0 Å². The molecule has 0 bridgehead atoms. The Morgan fingerprint density at radius 3 is 2.44 bits per heavy atom. The summed E-state index contributed by atoms with van der Waals surface area (Å²) in [6.07, 6.45) is 3.02. The van der Waals surface area contributed by atoms with E-state index in [1.807, 2.05) is 34.8 Å². The molecule has 0 aliphatic carbocycles. The van der Waals surface area contributed by atoms with Gasteiger partial charge >= 0.3 is 0 Å². The number of pyridine rings is 1. The lowest BCUT2D eigenvalue weighted by Gasteiger charge is -2.19. The lowest BCUT2D eigenvalue weighted by Crippen LogP contribution is -2.24. The van der Waals surface area contributed by atoms with Crippen LogP contribution in [0.25, 0.3) is 16.9 Å². The summed E-state index contributed by atoms with van der Waals surface area (Å²) in [5.41, 5.74) is 5.47. The van der Waals surface area contributed by atoms with Crippen molar-refractivity contribution >= 4 is 5.65 Å². The van der Waals surface area contributed by atoms with E-state index in [4.69, 9.17) is 19.6 Å². The van der Waals surface area contributed by atoms with E-state index in [-0.39, 0.29) is 0 Å². The monoisotopic (exact) mass is 456 g/mol. The maximum atomic E-state index is 5.77. The number of nitrogens with zero attached hydrogens (tertiary/aromatic N) is 4. The summed E-state index contributed by atoms with van der Waals surface area (Å²) in [6.45, 7) is 9.02. The van der Waals surface area contributed by atoms with E-state index < -0.39 is 0 Å². The number of hydrogen-bond acceptors (Lipinski definition) is 5. The van der Waals surface area contributed by atoms with Gasteiger partial charge in [0.1, 0.15) is 13.2 Å². The van der Waals surface area contributed by atoms with Crippen molar-refractivity contribution in [3.8, 4) is 22.8 Å². The maximum absolute atomic E-state index is 5.77. The molecule has 0 radical (unpaired) electrons. The van der Waals surface area contributed by atoms with E-state index in [0.29, 0.717) is 19.6 Å². The number of ether oxygens (including phenoxy) is 2. The van der Waals surface area contributed by atoms with Gasteiger partial charge in [0.05, 0.1) is 5.69 Å². The fourth-order valence-corrected chi connectivity index (χ4v) is 4.50. The Balaban J connectivity index is 1.30. The Labute approximate surface area is 201 Å². The van der Waals surface area contributed by atoms with Crippen LogP contribution in [-0.2, 0) is 12.8 Å². The molecule has 1 aliphatic heterocycles. The predicted octanol–water partition coefficient (Wildman–Crippen LogP) is 5.03. The van der Waals surface area contributed by atoms with Crippen molar-refractivity contribution in [1.82, 2.24) is 19.5 Å². The normalized spacial score (nSPS) is 13.0. The third-order valence-electron chi connectivity index (χ3n) is 6.46. The molecule has 6 nitrogen and oxygen atoms in total. The third-order valence-corrected chi connectivity index (χ3v) is 6.46. The van der Waals surface area contributed by atoms with Gasteiger partial charge in [0.25, 0.3) is 0 Å². The summed E-state index contributed by atoms with van der Waals surface area (Å²) in [4.78, 5) is 7.26. The van der Waals surface area contributed by atoms with Crippen molar-refractivity contribution in [2.24, 2.45) is 0 Å². The number of aryl methyl sites for hydroxylation is 1. The van der Waals surface area contributed by atoms with Crippen molar-refractivity contribution in [2.45, 2.75) is 33.1 Å². The van der Waals surface area contributed by atoms with Crippen molar-refractivity contribution in [3.63, 3.8) is 0 Å². The van der Waals surface area contributed by atoms with Gasteiger partial charge in [-0.25, -0.2) is 9.50 Å². The molecule has 0 fully saturated rings. The maximum Gasteiger partial charge on any atom is 0.162 e. The molecule has 176 valence electrons. The molecule has 4 aromatic rings. The zero-order valence-electron chi connectivity index (χ0n) is 20.0. The minimum Gasteiger partial charge on any atom is -0.486 e. The van der Waals surface area contributed by atoms with E-state index in [0.717, 1.165) is 60.3 Å². The Hall–Kier alpha value is -3.38. The average molecular weight is 457 g/mol. The van der Waals surface area contributed by atoms with Crippen LogP contribution in [0.1, 0.15) is 37.2 Å². The summed E-state index contributed by atoms with van der Waals surface area (Å²) < 4.78 is 13.3. The molecule has 0 unspecified atom stereocenters. The highest BCUT2D eigenvalue weighted by atomic mass is 16.6. The second-order valence-corrected chi connectivity index (χ2v) is 8.69. The van der Waals surface area contributed by atoms with E-state index in [2.05, 4.69) is 49.1 Å². The van der Waals surface area contributed by atoms with Crippen molar-refractivity contribution in [2.75, 3.05) is 32.8 Å². The average Bonchev–Trinajstić information content (AvgIpc) is 3.30. The molecule has 1 aliphatic rings. The van der Waals surface area contributed by atoms with Gasteiger partial charge in [0.2, 0.25) is 0 Å². The molecule has 0 N–H and O–H groups in total. The van der Waals surface area contributed by atoms with Crippen LogP contribution in [0.5, 0.6) is 11.5 Å².